The van der Waals surface area contributed by atoms with Crippen molar-refractivity contribution >= 4 is 34.7 Å². The van der Waals surface area contributed by atoms with Gasteiger partial charge in [-0.15, -0.1) is 0 Å². The number of benzene rings is 1. The van der Waals surface area contributed by atoms with Gasteiger partial charge >= 0.3 is 5.97 Å². The van der Waals surface area contributed by atoms with Crippen molar-refractivity contribution < 1.29 is 14.3 Å². The molecule has 0 spiro atoms. The van der Waals surface area contributed by atoms with E-state index < -0.39 is 5.97 Å². The number of aromatic nitrogens is 1. The molecule has 0 radical (unpaired) electrons. The maximum absolute atomic E-state index is 12.3. The van der Waals surface area contributed by atoms with Crippen LogP contribution in [0.4, 0.5) is 11.4 Å². The molecule has 7 nitrogen and oxygen atoms in total. The van der Waals surface area contributed by atoms with E-state index in [4.69, 9.17) is 22.1 Å². The molecule has 150 valence electrons. The van der Waals surface area contributed by atoms with Crippen molar-refractivity contribution in [3.05, 3.63) is 52.4 Å². The summed E-state index contributed by atoms with van der Waals surface area (Å²) in [5.41, 5.74) is 7.91. The normalized spacial score (nSPS) is 15.4. The van der Waals surface area contributed by atoms with Crippen LogP contribution in [0, 0.1) is 16.7 Å². The molecule has 0 atom stereocenters. The van der Waals surface area contributed by atoms with Gasteiger partial charge in [-0.05, 0) is 30.0 Å². The zero-order chi connectivity index (χ0) is 21.3. The Labute approximate surface area is 173 Å². The lowest BCUT2D eigenvalue weighted by atomic mass is 9.79. The topological polar surface area (TPSA) is 110 Å². The van der Waals surface area contributed by atoms with Gasteiger partial charge in [0.05, 0.1) is 29.7 Å². The summed E-state index contributed by atoms with van der Waals surface area (Å²) in [6, 6.07) is 7.06. The minimum absolute atomic E-state index is 0.0264. The number of allylic oxidation sites excluding steroid dienone is 2. The number of nitrogens with zero attached hydrogens (tertiary/aromatic N) is 2. The van der Waals surface area contributed by atoms with Gasteiger partial charge in [0.1, 0.15) is 6.07 Å². The fraction of sp³-hybridized carbons (Fsp3) is 0.286. The van der Waals surface area contributed by atoms with E-state index in [0.717, 1.165) is 5.70 Å². The monoisotopic (exact) mass is 412 g/mol. The largest absolute Gasteiger partial charge is 0.464 e. The Morgan fingerprint density at radius 3 is 2.72 bits per heavy atom. The van der Waals surface area contributed by atoms with Gasteiger partial charge in [-0.3, -0.25) is 4.79 Å². The van der Waals surface area contributed by atoms with Crippen LogP contribution < -0.4 is 11.1 Å². The highest BCUT2D eigenvalue weighted by Crippen LogP contribution is 2.36. The summed E-state index contributed by atoms with van der Waals surface area (Å²) in [6.07, 6.45) is 4.22. The third-order valence-corrected chi connectivity index (χ3v) is 4.95. The van der Waals surface area contributed by atoms with E-state index in [9.17, 15) is 14.9 Å². The van der Waals surface area contributed by atoms with Gasteiger partial charge in [-0.2, -0.15) is 5.26 Å². The molecule has 0 unspecified atom stereocenters. The van der Waals surface area contributed by atoms with Gasteiger partial charge in [0, 0.05) is 29.4 Å². The van der Waals surface area contributed by atoms with Crippen molar-refractivity contribution in [1.29, 1.82) is 5.26 Å². The van der Waals surface area contributed by atoms with Gasteiger partial charge in [0.2, 0.25) is 0 Å². The number of halogens is 1. The second-order valence-corrected chi connectivity index (χ2v) is 8.16. The third-order valence-electron chi connectivity index (χ3n) is 4.72. The van der Waals surface area contributed by atoms with Crippen LogP contribution in [0.2, 0.25) is 5.02 Å². The Morgan fingerprint density at radius 2 is 2.10 bits per heavy atom. The van der Waals surface area contributed by atoms with Crippen LogP contribution in [0.15, 0.2) is 36.2 Å². The number of nitriles is 1. The number of nitrogens with two attached hydrogens (primary N) is 1. The van der Waals surface area contributed by atoms with Gasteiger partial charge in [-0.1, -0.05) is 25.4 Å². The number of ether oxygens (including phenoxy) is 1. The number of nitrogens with one attached hydrogen (secondary N) is 1. The molecular formula is C21H21ClN4O3. The number of nitrogen functional groups attached to an aromatic ring is 1. The Kier molecular flexibility index (Phi) is 5.40. The van der Waals surface area contributed by atoms with Crippen molar-refractivity contribution in [3.8, 4) is 11.8 Å². The summed E-state index contributed by atoms with van der Waals surface area (Å²) in [5.74, 6) is -0.630. The molecule has 0 saturated heterocycles. The zero-order valence-corrected chi connectivity index (χ0v) is 17.1. The number of anilines is 2. The maximum Gasteiger partial charge on any atom is 0.357 e. The Hall–Kier alpha value is -3.24. The van der Waals surface area contributed by atoms with Crippen LogP contribution in [-0.2, 0) is 9.53 Å². The minimum atomic E-state index is -0.678. The number of rotatable bonds is 4. The van der Waals surface area contributed by atoms with Gasteiger partial charge in [0.25, 0.3) is 0 Å². The molecule has 1 aliphatic carbocycles. The van der Waals surface area contributed by atoms with Crippen LogP contribution in [0.5, 0.6) is 0 Å². The minimum Gasteiger partial charge on any atom is -0.464 e. The van der Waals surface area contributed by atoms with E-state index in [0.29, 0.717) is 29.2 Å². The summed E-state index contributed by atoms with van der Waals surface area (Å²) >= 11 is 6.20. The third kappa shape index (κ3) is 4.13. The molecule has 0 bridgehead atoms. The average molecular weight is 413 g/mol. The summed E-state index contributed by atoms with van der Waals surface area (Å²) in [4.78, 5) is 24.4. The van der Waals surface area contributed by atoms with Crippen molar-refractivity contribution in [1.82, 2.24) is 4.57 Å². The van der Waals surface area contributed by atoms with Gasteiger partial charge < -0.3 is 20.4 Å². The second kappa shape index (κ2) is 7.64. The highest BCUT2D eigenvalue weighted by molar-refractivity contribution is 6.30. The molecule has 8 heteroatoms. The Balaban J connectivity index is 2.14. The summed E-state index contributed by atoms with van der Waals surface area (Å²) in [6.45, 7) is 4.06. The molecule has 0 fully saturated rings. The summed E-state index contributed by atoms with van der Waals surface area (Å²) in [5, 5.41) is 13.1. The molecule has 3 N–H and O–H groups in total. The number of esters is 1. The molecule has 3 rings (SSSR count). The first-order valence-electron chi connectivity index (χ1n) is 8.95. The molecule has 0 saturated carbocycles. The molecule has 0 amide bonds. The molecule has 1 heterocycles. The Bertz CT molecular complexity index is 1080. The van der Waals surface area contributed by atoms with Crippen LogP contribution >= 0.6 is 11.6 Å². The van der Waals surface area contributed by atoms with Crippen LogP contribution in [0.3, 0.4) is 0 Å². The quantitative estimate of drug-likeness (QED) is 0.733. The molecule has 0 aliphatic heterocycles. The lowest BCUT2D eigenvalue weighted by Gasteiger charge is -2.29. The molecule has 29 heavy (non-hydrogen) atoms. The lowest BCUT2D eigenvalue weighted by Crippen LogP contribution is -2.24. The predicted molar refractivity (Wildman–Crippen MR) is 111 cm³/mol. The van der Waals surface area contributed by atoms with Crippen LogP contribution in [-0.4, -0.2) is 23.4 Å². The first-order valence-corrected chi connectivity index (χ1v) is 9.32. The molecule has 1 aromatic carbocycles. The lowest BCUT2D eigenvalue weighted by molar-refractivity contribution is -0.117. The maximum atomic E-state index is 12.3. The molecule has 2 aromatic rings. The summed E-state index contributed by atoms with van der Waals surface area (Å²) < 4.78 is 6.32. The van der Waals surface area contributed by atoms with E-state index in [-0.39, 0.29) is 28.1 Å². The van der Waals surface area contributed by atoms with Crippen molar-refractivity contribution in [2.45, 2.75) is 26.7 Å². The van der Waals surface area contributed by atoms with Crippen molar-refractivity contribution in [2.75, 3.05) is 18.2 Å². The average Bonchev–Trinajstić information content (AvgIpc) is 2.97. The number of hydrogen-bond acceptors (Lipinski definition) is 6. The number of hydrogen-bond donors (Lipinski definition) is 2. The molecule has 1 aliphatic rings. The number of carbonyl (C=O) groups is 2. The molecule has 1 aromatic heterocycles. The van der Waals surface area contributed by atoms with Crippen molar-refractivity contribution in [2.24, 2.45) is 5.41 Å². The standard InChI is InChI=1S/C21H21ClN4O3/c1-21(2)8-14(7-15(27)9-21)25-16-5-4-13(22)6-17(16)26-11-12(10-23)18(24)19(26)20(28)29-3/h4-7,11,25H,8-9,24H2,1-3H3. The first-order chi connectivity index (χ1) is 13.6. The van der Waals surface area contributed by atoms with Crippen LogP contribution in [0.1, 0.15) is 42.7 Å². The first kappa shape index (κ1) is 20.5. The SMILES string of the molecule is COC(=O)c1c(N)c(C#N)cn1-c1cc(Cl)ccc1NC1=CC(=O)CC(C)(C)C1. The number of methoxy groups -OCH3 is 1. The summed E-state index contributed by atoms with van der Waals surface area (Å²) in [7, 11) is 1.24. The molecular weight excluding hydrogens is 392 g/mol. The predicted octanol–water partition coefficient (Wildman–Crippen LogP) is 4.06. The highest BCUT2D eigenvalue weighted by atomic mass is 35.5. The van der Waals surface area contributed by atoms with E-state index in [1.54, 1.807) is 24.3 Å². The van der Waals surface area contributed by atoms with Crippen molar-refractivity contribution in [3.63, 3.8) is 0 Å². The second-order valence-electron chi connectivity index (χ2n) is 7.72. The van der Waals surface area contributed by atoms with E-state index >= 15 is 0 Å². The van der Waals surface area contributed by atoms with Crippen LogP contribution in [0.25, 0.3) is 5.69 Å². The number of ketones is 1. The van der Waals surface area contributed by atoms with Gasteiger partial charge in [-0.25, -0.2) is 4.79 Å². The zero-order valence-electron chi connectivity index (χ0n) is 16.4. The van der Waals surface area contributed by atoms with E-state index in [1.165, 1.54) is 17.9 Å². The fourth-order valence-electron chi connectivity index (χ4n) is 3.51. The Morgan fingerprint density at radius 1 is 1.38 bits per heavy atom. The smallest absolute Gasteiger partial charge is 0.357 e. The number of carbonyl (C=O) groups excluding carboxylic acids is 2. The van der Waals surface area contributed by atoms with Gasteiger partial charge in [0.15, 0.2) is 11.5 Å². The highest BCUT2D eigenvalue weighted by Gasteiger charge is 2.28. The van der Waals surface area contributed by atoms with E-state index in [2.05, 4.69) is 5.32 Å². The fourth-order valence-corrected chi connectivity index (χ4v) is 3.68. The van der Waals surface area contributed by atoms with E-state index in [1.807, 2.05) is 19.9 Å².